The van der Waals surface area contributed by atoms with Gasteiger partial charge in [-0.2, -0.15) is 4.57 Å². The van der Waals surface area contributed by atoms with Gasteiger partial charge in [0.25, 0.3) is 0 Å². The molecule has 2 unspecified atom stereocenters. The highest BCUT2D eigenvalue weighted by molar-refractivity contribution is 5.74. The number of nitrogens with zero attached hydrogens (tertiary/aromatic N) is 1. The largest absolute Gasteiger partial charge is 0.209 e. The van der Waals surface area contributed by atoms with Crippen molar-refractivity contribution in [3.8, 4) is 11.1 Å². The van der Waals surface area contributed by atoms with Crippen LogP contribution < -0.4 is 4.57 Å². The molecule has 1 aliphatic heterocycles. The van der Waals surface area contributed by atoms with Crippen LogP contribution in [-0.4, -0.2) is 0 Å². The molecule has 36 heavy (non-hydrogen) atoms. The summed E-state index contributed by atoms with van der Waals surface area (Å²) >= 11 is 0. The van der Waals surface area contributed by atoms with Crippen LogP contribution in [0.1, 0.15) is 76.4 Å². The topological polar surface area (TPSA) is 3.88 Å². The van der Waals surface area contributed by atoms with Crippen molar-refractivity contribution in [2.24, 2.45) is 11.3 Å². The molecule has 5 rings (SSSR count). The monoisotopic (exact) mass is 474 g/mol. The summed E-state index contributed by atoms with van der Waals surface area (Å²) in [4.78, 5) is 0. The van der Waals surface area contributed by atoms with Crippen molar-refractivity contribution >= 4 is 5.57 Å². The Balaban J connectivity index is 1.77. The van der Waals surface area contributed by atoms with Crippen LogP contribution in [0.3, 0.4) is 0 Å². The van der Waals surface area contributed by atoms with E-state index in [0.29, 0.717) is 5.92 Å². The first-order valence-electron chi connectivity index (χ1n) is 13.4. The average molecular weight is 475 g/mol. The molecule has 0 fully saturated rings. The van der Waals surface area contributed by atoms with Gasteiger partial charge in [-0.3, -0.25) is 0 Å². The van der Waals surface area contributed by atoms with E-state index in [1.165, 1.54) is 44.7 Å². The summed E-state index contributed by atoms with van der Waals surface area (Å²) in [7, 11) is 0. The van der Waals surface area contributed by atoms with Crippen LogP contribution in [0, 0.1) is 18.3 Å². The third kappa shape index (κ3) is 4.41. The number of rotatable bonds is 2. The number of hydrogen-bond acceptors (Lipinski definition) is 0. The molecule has 0 spiro atoms. The fourth-order valence-electron chi connectivity index (χ4n) is 5.76. The molecule has 1 nitrogen and oxygen atoms in total. The normalized spacial score (nSPS) is 22.0. The van der Waals surface area contributed by atoms with E-state index in [4.69, 9.17) is 0 Å². The van der Waals surface area contributed by atoms with E-state index in [1.54, 1.807) is 0 Å². The van der Waals surface area contributed by atoms with Gasteiger partial charge in [-0.05, 0) is 58.1 Å². The van der Waals surface area contributed by atoms with E-state index in [-0.39, 0.29) is 16.9 Å². The lowest BCUT2D eigenvalue weighted by molar-refractivity contribution is -0.710. The minimum absolute atomic E-state index is 0.0862. The molecule has 3 aromatic rings. The second kappa shape index (κ2) is 9.04. The minimum atomic E-state index is 0.0862. The van der Waals surface area contributed by atoms with Crippen molar-refractivity contribution < 1.29 is 4.57 Å². The molecular formula is C35H40N+. The Hall–Kier alpha value is -3.19. The van der Waals surface area contributed by atoms with Crippen LogP contribution in [0.25, 0.3) is 16.7 Å². The molecule has 0 saturated heterocycles. The van der Waals surface area contributed by atoms with Gasteiger partial charge in [0.15, 0.2) is 12.2 Å². The Morgan fingerprint density at radius 1 is 0.806 bits per heavy atom. The SMILES string of the molecule is Cc1ccccc1-c1ccccc1C1C2C/C=C\C=C(\C(C)(C)C)C=C2c2cc(C(C)(C)C)cc[n+]21. The van der Waals surface area contributed by atoms with Crippen LogP contribution in [0.2, 0.25) is 0 Å². The molecular weight excluding hydrogens is 434 g/mol. The number of aromatic nitrogens is 1. The molecule has 1 aliphatic carbocycles. The van der Waals surface area contributed by atoms with E-state index in [2.05, 4.69) is 144 Å². The lowest BCUT2D eigenvalue weighted by Gasteiger charge is -2.23. The van der Waals surface area contributed by atoms with Crippen molar-refractivity contribution in [2.75, 3.05) is 0 Å². The number of fused-ring (bicyclic) bond motifs is 3. The fourth-order valence-corrected chi connectivity index (χ4v) is 5.76. The summed E-state index contributed by atoms with van der Waals surface area (Å²) in [6, 6.07) is 22.9. The van der Waals surface area contributed by atoms with Gasteiger partial charge in [-0.1, -0.05) is 108 Å². The van der Waals surface area contributed by atoms with Crippen molar-refractivity contribution in [1.82, 2.24) is 0 Å². The molecule has 0 saturated carbocycles. The quantitative estimate of drug-likeness (QED) is 0.327. The summed E-state index contributed by atoms with van der Waals surface area (Å²) < 4.78 is 2.56. The maximum Gasteiger partial charge on any atom is 0.209 e. The lowest BCUT2D eigenvalue weighted by atomic mass is 9.78. The predicted molar refractivity (Wildman–Crippen MR) is 153 cm³/mol. The first kappa shape index (κ1) is 24.5. The Morgan fingerprint density at radius 3 is 2.19 bits per heavy atom. The highest BCUT2D eigenvalue weighted by Gasteiger charge is 2.46. The third-order valence-corrected chi connectivity index (χ3v) is 7.92. The van der Waals surface area contributed by atoms with Crippen LogP contribution >= 0.6 is 0 Å². The second-order valence-electron chi connectivity index (χ2n) is 12.5. The molecule has 2 aromatic carbocycles. The Labute approximate surface area is 217 Å². The van der Waals surface area contributed by atoms with Crippen LogP contribution in [0.4, 0.5) is 0 Å². The Kier molecular flexibility index (Phi) is 6.15. The standard InChI is InChI=1S/C35H40N/c1-24-14-8-10-16-27(24)28-17-12-13-18-29(28)33-30-19-11-9-15-25(34(2,3)4)22-31(30)32-23-26(35(5,6)7)20-21-36(32)33/h8-18,20-23,30,33H,19H2,1-7H3/q+1/b11-9-,25-15+,31-22?. The summed E-state index contributed by atoms with van der Waals surface area (Å²) in [6.45, 7) is 16.1. The first-order chi connectivity index (χ1) is 17.1. The number of aryl methyl sites for hydroxylation is 1. The third-order valence-electron chi connectivity index (χ3n) is 7.92. The molecule has 1 heteroatoms. The van der Waals surface area contributed by atoms with Gasteiger partial charge in [0.2, 0.25) is 5.69 Å². The fraction of sp³-hybridized carbons (Fsp3) is 0.343. The van der Waals surface area contributed by atoms with Crippen LogP contribution in [0.5, 0.6) is 0 Å². The summed E-state index contributed by atoms with van der Waals surface area (Å²) in [5, 5.41) is 0. The second-order valence-corrected chi connectivity index (χ2v) is 12.5. The smallest absolute Gasteiger partial charge is 0.191 e. The van der Waals surface area contributed by atoms with Crippen LogP contribution in [-0.2, 0) is 5.41 Å². The summed E-state index contributed by atoms with van der Waals surface area (Å²) in [5.74, 6) is 0.382. The molecule has 0 amide bonds. The highest BCUT2D eigenvalue weighted by Crippen LogP contribution is 2.47. The van der Waals surface area contributed by atoms with E-state index >= 15 is 0 Å². The van der Waals surface area contributed by atoms with Gasteiger partial charge in [-0.25, -0.2) is 0 Å². The van der Waals surface area contributed by atoms with Gasteiger partial charge in [-0.15, -0.1) is 0 Å². The zero-order valence-corrected chi connectivity index (χ0v) is 23.0. The van der Waals surface area contributed by atoms with Crippen molar-refractivity contribution in [2.45, 2.75) is 66.3 Å². The van der Waals surface area contributed by atoms with Gasteiger partial charge in [0, 0.05) is 23.3 Å². The van der Waals surface area contributed by atoms with Crippen molar-refractivity contribution in [1.29, 1.82) is 0 Å². The van der Waals surface area contributed by atoms with Gasteiger partial charge < -0.3 is 0 Å². The maximum absolute atomic E-state index is 2.56. The Morgan fingerprint density at radius 2 is 1.50 bits per heavy atom. The predicted octanol–water partition coefficient (Wildman–Crippen LogP) is 8.78. The van der Waals surface area contributed by atoms with E-state index < -0.39 is 0 Å². The molecule has 2 atom stereocenters. The highest BCUT2D eigenvalue weighted by atomic mass is 15.0. The van der Waals surface area contributed by atoms with Crippen LogP contribution in [0.15, 0.2) is 96.7 Å². The van der Waals surface area contributed by atoms with E-state index in [9.17, 15) is 0 Å². The molecule has 2 heterocycles. The number of pyridine rings is 1. The molecule has 1 aromatic heterocycles. The molecule has 0 radical (unpaired) electrons. The lowest BCUT2D eigenvalue weighted by Crippen LogP contribution is -2.41. The van der Waals surface area contributed by atoms with Gasteiger partial charge in [0.1, 0.15) is 0 Å². The zero-order valence-electron chi connectivity index (χ0n) is 23.0. The molecule has 2 aliphatic rings. The van der Waals surface area contributed by atoms with Gasteiger partial charge >= 0.3 is 0 Å². The average Bonchev–Trinajstić information content (AvgIpc) is 3.09. The zero-order chi connectivity index (χ0) is 25.7. The maximum atomic E-state index is 2.56. The summed E-state index contributed by atoms with van der Waals surface area (Å²) in [6.07, 6.45) is 12.8. The number of hydrogen-bond donors (Lipinski definition) is 0. The molecule has 0 N–H and O–H groups in total. The molecule has 0 bridgehead atoms. The van der Waals surface area contributed by atoms with Crippen molar-refractivity contribution in [3.63, 3.8) is 0 Å². The minimum Gasteiger partial charge on any atom is -0.191 e. The van der Waals surface area contributed by atoms with E-state index in [0.717, 1.165) is 6.42 Å². The summed E-state index contributed by atoms with van der Waals surface area (Å²) in [5.41, 5.74) is 11.2. The van der Waals surface area contributed by atoms with Crippen molar-refractivity contribution in [3.05, 3.63) is 119 Å². The first-order valence-corrected chi connectivity index (χ1v) is 13.4. The van der Waals surface area contributed by atoms with Gasteiger partial charge in [0.05, 0.1) is 5.92 Å². The van der Waals surface area contributed by atoms with E-state index in [1.807, 2.05) is 0 Å². The number of benzene rings is 2. The number of allylic oxidation sites excluding steroid dienone is 6. The Bertz CT molecular complexity index is 1380. The molecule has 184 valence electrons.